The minimum atomic E-state index is -0.106. The summed E-state index contributed by atoms with van der Waals surface area (Å²) >= 11 is 0. The monoisotopic (exact) mass is 284 g/mol. The largest absolute Gasteiger partial charge is 0.357 e. The summed E-state index contributed by atoms with van der Waals surface area (Å²) in [7, 11) is 0. The maximum absolute atomic E-state index is 12.0. The number of hydrogen-bond acceptors (Lipinski definition) is 1. The molecular weight excluding hydrogens is 260 g/mol. The highest BCUT2D eigenvalue weighted by Crippen LogP contribution is 2.45. The Morgan fingerprint density at radius 2 is 2.10 bits per heavy atom. The molecule has 3 heteroatoms. The number of aromatic amines is 1. The number of benzene rings is 1. The predicted octanol–water partition coefficient (Wildman–Crippen LogP) is 4.02. The second kappa shape index (κ2) is 4.90. The normalized spacial score (nSPS) is 16.4. The van der Waals surface area contributed by atoms with Crippen LogP contribution in [0.1, 0.15) is 56.4 Å². The van der Waals surface area contributed by atoms with Gasteiger partial charge in [0.2, 0.25) is 5.91 Å². The van der Waals surface area contributed by atoms with Crippen molar-refractivity contribution in [2.24, 2.45) is 5.41 Å². The Labute approximate surface area is 126 Å². The van der Waals surface area contributed by atoms with Crippen LogP contribution in [0, 0.1) is 12.3 Å². The van der Waals surface area contributed by atoms with Crippen molar-refractivity contribution in [1.29, 1.82) is 0 Å². The van der Waals surface area contributed by atoms with Crippen molar-refractivity contribution in [2.75, 3.05) is 0 Å². The third-order valence-electron chi connectivity index (χ3n) is 4.83. The van der Waals surface area contributed by atoms with E-state index in [-0.39, 0.29) is 11.3 Å². The van der Waals surface area contributed by atoms with Crippen LogP contribution < -0.4 is 5.32 Å². The van der Waals surface area contributed by atoms with Crippen LogP contribution in [-0.4, -0.2) is 10.9 Å². The Bertz CT molecular complexity index is 693. The van der Waals surface area contributed by atoms with E-state index >= 15 is 0 Å². The number of aromatic nitrogens is 1. The van der Waals surface area contributed by atoms with Crippen LogP contribution in [0.2, 0.25) is 0 Å². The van der Waals surface area contributed by atoms with Gasteiger partial charge < -0.3 is 10.3 Å². The molecule has 3 nitrogen and oxygen atoms in total. The Morgan fingerprint density at radius 1 is 1.38 bits per heavy atom. The van der Waals surface area contributed by atoms with Gasteiger partial charge in [-0.05, 0) is 42.9 Å². The molecule has 1 aromatic carbocycles. The number of hydrogen-bond donors (Lipinski definition) is 2. The van der Waals surface area contributed by atoms with Crippen molar-refractivity contribution >= 4 is 16.8 Å². The average Bonchev–Trinajstić information content (AvgIpc) is 3.13. The maximum Gasteiger partial charge on any atom is 0.226 e. The van der Waals surface area contributed by atoms with Crippen LogP contribution >= 0.6 is 0 Å². The van der Waals surface area contributed by atoms with Gasteiger partial charge in [0, 0.05) is 22.0 Å². The summed E-state index contributed by atoms with van der Waals surface area (Å²) in [5.74, 6) is 0.708. The average molecular weight is 284 g/mol. The molecule has 0 bridgehead atoms. The fourth-order valence-corrected chi connectivity index (χ4v) is 2.74. The SMILES string of the molecule is Cc1c(CNC(=O)C2(C)CC2)[nH]c2cc(C(C)C)ccc12. The Morgan fingerprint density at radius 3 is 2.71 bits per heavy atom. The van der Waals surface area contributed by atoms with Gasteiger partial charge in [-0.1, -0.05) is 32.9 Å². The lowest BCUT2D eigenvalue weighted by Crippen LogP contribution is -2.30. The molecule has 0 atom stereocenters. The van der Waals surface area contributed by atoms with Gasteiger partial charge in [0.25, 0.3) is 0 Å². The lowest BCUT2D eigenvalue weighted by Gasteiger charge is -2.09. The first-order chi connectivity index (χ1) is 9.90. The second-order valence-electron chi connectivity index (χ2n) is 6.93. The number of rotatable bonds is 4. The molecule has 21 heavy (non-hydrogen) atoms. The third-order valence-corrected chi connectivity index (χ3v) is 4.83. The molecule has 0 spiro atoms. The zero-order valence-corrected chi connectivity index (χ0v) is 13.3. The van der Waals surface area contributed by atoms with Gasteiger partial charge in [0.1, 0.15) is 0 Å². The molecule has 1 amide bonds. The topological polar surface area (TPSA) is 44.9 Å². The van der Waals surface area contributed by atoms with E-state index in [1.807, 2.05) is 6.92 Å². The molecule has 2 aromatic rings. The van der Waals surface area contributed by atoms with E-state index in [9.17, 15) is 4.79 Å². The Balaban J connectivity index is 1.82. The Kier molecular flexibility index (Phi) is 3.31. The van der Waals surface area contributed by atoms with E-state index in [0.717, 1.165) is 18.5 Å². The minimum Gasteiger partial charge on any atom is -0.357 e. The van der Waals surface area contributed by atoms with E-state index < -0.39 is 0 Å². The third kappa shape index (κ3) is 2.57. The number of nitrogens with one attached hydrogen (secondary N) is 2. The van der Waals surface area contributed by atoms with Crippen molar-refractivity contribution in [1.82, 2.24) is 10.3 Å². The van der Waals surface area contributed by atoms with Gasteiger partial charge in [-0.3, -0.25) is 4.79 Å². The van der Waals surface area contributed by atoms with E-state index in [0.29, 0.717) is 12.5 Å². The molecular formula is C18H24N2O. The van der Waals surface area contributed by atoms with Gasteiger partial charge in [-0.15, -0.1) is 0 Å². The first-order valence-corrected chi connectivity index (χ1v) is 7.80. The number of fused-ring (bicyclic) bond motifs is 1. The van der Waals surface area contributed by atoms with Crippen molar-refractivity contribution in [3.63, 3.8) is 0 Å². The maximum atomic E-state index is 12.0. The lowest BCUT2D eigenvalue weighted by atomic mass is 10.0. The zero-order valence-electron chi connectivity index (χ0n) is 13.3. The summed E-state index contributed by atoms with van der Waals surface area (Å²) in [6.45, 7) is 9.15. The van der Waals surface area contributed by atoms with Gasteiger partial charge >= 0.3 is 0 Å². The summed E-state index contributed by atoms with van der Waals surface area (Å²) in [5.41, 5.74) is 4.75. The molecule has 0 radical (unpaired) electrons. The van der Waals surface area contributed by atoms with Crippen LogP contribution in [0.15, 0.2) is 18.2 Å². The summed E-state index contributed by atoms with van der Waals surface area (Å²) in [4.78, 5) is 15.5. The van der Waals surface area contributed by atoms with Crippen LogP contribution in [-0.2, 0) is 11.3 Å². The van der Waals surface area contributed by atoms with Crippen LogP contribution in [0.4, 0.5) is 0 Å². The summed E-state index contributed by atoms with van der Waals surface area (Å²) < 4.78 is 0. The summed E-state index contributed by atoms with van der Waals surface area (Å²) in [6, 6.07) is 6.60. The van der Waals surface area contributed by atoms with Crippen molar-refractivity contribution < 1.29 is 4.79 Å². The van der Waals surface area contributed by atoms with Gasteiger partial charge in [0.15, 0.2) is 0 Å². The molecule has 0 unspecified atom stereocenters. The van der Waals surface area contributed by atoms with Crippen LogP contribution in [0.25, 0.3) is 10.9 Å². The fourth-order valence-electron chi connectivity index (χ4n) is 2.74. The lowest BCUT2D eigenvalue weighted by molar-refractivity contribution is -0.125. The van der Waals surface area contributed by atoms with Gasteiger partial charge in [0.05, 0.1) is 6.54 Å². The standard InChI is InChI=1S/C18H24N2O/c1-11(2)13-5-6-14-12(3)16(20-15(14)9-13)10-19-17(21)18(4)7-8-18/h5-6,9,11,20H,7-8,10H2,1-4H3,(H,19,21). The highest BCUT2D eigenvalue weighted by molar-refractivity contribution is 5.86. The molecule has 1 aliphatic rings. The first kappa shape index (κ1) is 14.2. The molecule has 1 heterocycles. The molecule has 2 N–H and O–H groups in total. The van der Waals surface area contributed by atoms with Crippen molar-refractivity contribution in [2.45, 2.75) is 53.0 Å². The minimum absolute atomic E-state index is 0.106. The summed E-state index contributed by atoms with van der Waals surface area (Å²) in [5, 5.41) is 4.32. The van der Waals surface area contributed by atoms with Gasteiger partial charge in [-0.25, -0.2) is 0 Å². The molecule has 1 aliphatic carbocycles. The fraction of sp³-hybridized carbons (Fsp3) is 0.500. The Hall–Kier alpha value is -1.77. The quantitative estimate of drug-likeness (QED) is 0.875. The van der Waals surface area contributed by atoms with Crippen molar-refractivity contribution in [3.05, 3.63) is 35.0 Å². The molecule has 1 saturated carbocycles. The van der Waals surface area contributed by atoms with Gasteiger partial charge in [-0.2, -0.15) is 0 Å². The zero-order chi connectivity index (χ0) is 15.2. The smallest absolute Gasteiger partial charge is 0.226 e. The van der Waals surface area contributed by atoms with E-state index in [1.165, 1.54) is 22.0 Å². The summed E-state index contributed by atoms with van der Waals surface area (Å²) in [6.07, 6.45) is 2.03. The highest BCUT2D eigenvalue weighted by atomic mass is 16.2. The molecule has 1 aromatic heterocycles. The highest BCUT2D eigenvalue weighted by Gasteiger charge is 2.44. The van der Waals surface area contributed by atoms with E-state index in [1.54, 1.807) is 0 Å². The first-order valence-electron chi connectivity index (χ1n) is 7.80. The van der Waals surface area contributed by atoms with Crippen LogP contribution in [0.3, 0.4) is 0 Å². The van der Waals surface area contributed by atoms with E-state index in [2.05, 4.69) is 49.3 Å². The number of carbonyl (C=O) groups excluding carboxylic acids is 1. The number of H-pyrrole nitrogens is 1. The molecule has 1 fully saturated rings. The van der Waals surface area contributed by atoms with Crippen LogP contribution in [0.5, 0.6) is 0 Å². The number of aryl methyl sites for hydroxylation is 1. The predicted molar refractivity (Wildman–Crippen MR) is 86.3 cm³/mol. The number of amides is 1. The van der Waals surface area contributed by atoms with Crippen molar-refractivity contribution in [3.8, 4) is 0 Å². The molecule has 0 aliphatic heterocycles. The number of carbonyl (C=O) groups is 1. The second-order valence-corrected chi connectivity index (χ2v) is 6.93. The molecule has 3 rings (SSSR count). The van der Waals surface area contributed by atoms with E-state index in [4.69, 9.17) is 0 Å². The molecule has 112 valence electrons. The molecule has 0 saturated heterocycles.